The molecule has 3 nitrogen and oxygen atoms in total. The van der Waals surface area contributed by atoms with Crippen LogP contribution in [0.2, 0.25) is 0 Å². The van der Waals surface area contributed by atoms with Crippen molar-refractivity contribution in [1.82, 2.24) is 5.32 Å². The molecular weight excluding hydrogens is 308 g/mol. The summed E-state index contributed by atoms with van der Waals surface area (Å²) >= 11 is 1.31. The van der Waals surface area contributed by atoms with Gasteiger partial charge in [0.15, 0.2) is 11.6 Å². The maximum Gasteiger partial charge on any atom is 0.261 e. The minimum Gasteiger partial charge on any atom is -0.486 e. The molecule has 0 aliphatic heterocycles. The largest absolute Gasteiger partial charge is 0.486 e. The van der Waals surface area contributed by atoms with E-state index >= 15 is 0 Å². The normalized spacial score (nSPS) is 12.0. The van der Waals surface area contributed by atoms with Crippen molar-refractivity contribution in [3.8, 4) is 5.75 Å². The molecule has 1 aromatic heterocycles. The standard InChI is InChI=1S/C16H17F2NO2S/c1-3-10(2)19-16(20)15-6-11(9-22-15)8-21-14-5-4-12(17)7-13(14)18/h4-7,9-10H,3,8H2,1-2H3,(H,19,20). The van der Waals surface area contributed by atoms with Crippen molar-refractivity contribution < 1.29 is 18.3 Å². The predicted octanol–water partition coefficient (Wildman–Crippen LogP) is 4.13. The first-order valence-corrected chi connectivity index (χ1v) is 7.83. The van der Waals surface area contributed by atoms with Gasteiger partial charge in [-0.1, -0.05) is 6.92 Å². The van der Waals surface area contributed by atoms with E-state index in [2.05, 4.69) is 5.32 Å². The summed E-state index contributed by atoms with van der Waals surface area (Å²) in [6.07, 6.45) is 0.858. The van der Waals surface area contributed by atoms with Gasteiger partial charge in [0.05, 0.1) is 4.88 Å². The van der Waals surface area contributed by atoms with E-state index in [9.17, 15) is 13.6 Å². The van der Waals surface area contributed by atoms with Crippen LogP contribution in [0.15, 0.2) is 29.6 Å². The Morgan fingerprint density at radius 3 is 2.82 bits per heavy atom. The SMILES string of the molecule is CCC(C)NC(=O)c1cc(COc2ccc(F)cc2F)cs1. The maximum absolute atomic E-state index is 13.4. The fourth-order valence-electron chi connectivity index (χ4n) is 1.72. The summed E-state index contributed by atoms with van der Waals surface area (Å²) in [5, 5.41) is 4.66. The topological polar surface area (TPSA) is 38.3 Å². The molecule has 1 N–H and O–H groups in total. The highest BCUT2D eigenvalue weighted by molar-refractivity contribution is 7.12. The first-order valence-electron chi connectivity index (χ1n) is 6.95. The fraction of sp³-hybridized carbons (Fsp3) is 0.312. The first-order chi connectivity index (χ1) is 10.5. The van der Waals surface area contributed by atoms with Gasteiger partial charge in [-0.2, -0.15) is 0 Å². The molecular formula is C16H17F2NO2S. The summed E-state index contributed by atoms with van der Waals surface area (Å²) < 4.78 is 31.5. The molecule has 0 aliphatic rings. The molecule has 0 saturated carbocycles. The predicted molar refractivity (Wildman–Crippen MR) is 82.2 cm³/mol. The molecule has 1 atom stereocenters. The molecule has 1 amide bonds. The van der Waals surface area contributed by atoms with Gasteiger partial charge in [0.25, 0.3) is 5.91 Å². The molecule has 2 aromatic rings. The average Bonchev–Trinajstić information content (AvgIpc) is 2.95. The van der Waals surface area contributed by atoms with Crippen LogP contribution in [0, 0.1) is 11.6 Å². The molecule has 6 heteroatoms. The number of carbonyl (C=O) groups excluding carboxylic acids is 1. The van der Waals surface area contributed by atoms with Gasteiger partial charge in [0, 0.05) is 17.7 Å². The van der Waals surface area contributed by atoms with E-state index in [4.69, 9.17) is 4.74 Å². The number of hydrogen-bond donors (Lipinski definition) is 1. The van der Waals surface area contributed by atoms with Gasteiger partial charge in [-0.25, -0.2) is 8.78 Å². The highest BCUT2D eigenvalue weighted by Gasteiger charge is 2.12. The molecule has 0 saturated heterocycles. The number of benzene rings is 1. The van der Waals surface area contributed by atoms with Crippen molar-refractivity contribution in [2.24, 2.45) is 0 Å². The Labute approximate surface area is 131 Å². The van der Waals surface area contributed by atoms with Gasteiger partial charge in [0.2, 0.25) is 0 Å². The summed E-state index contributed by atoms with van der Waals surface area (Å²) in [4.78, 5) is 12.5. The Morgan fingerprint density at radius 1 is 1.36 bits per heavy atom. The number of rotatable bonds is 6. The minimum absolute atomic E-state index is 0.0155. The second-order valence-corrected chi connectivity index (χ2v) is 5.88. The number of hydrogen-bond acceptors (Lipinski definition) is 3. The lowest BCUT2D eigenvalue weighted by Gasteiger charge is -2.09. The lowest BCUT2D eigenvalue weighted by Crippen LogP contribution is -2.31. The second kappa shape index (κ2) is 7.35. The third kappa shape index (κ3) is 4.27. The summed E-state index contributed by atoms with van der Waals surface area (Å²) in [5.74, 6) is -1.54. The molecule has 0 bridgehead atoms. The molecule has 1 heterocycles. The lowest BCUT2D eigenvalue weighted by molar-refractivity contribution is 0.0943. The van der Waals surface area contributed by atoms with Gasteiger partial charge < -0.3 is 10.1 Å². The van der Waals surface area contributed by atoms with Gasteiger partial charge in [-0.3, -0.25) is 4.79 Å². The van der Waals surface area contributed by atoms with E-state index in [0.717, 1.165) is 24.1 Å². The molecule has 0 aliphatic carbocycles. The Morgan fingerprint density at radius 2 is 2.14 bits per heavy atom. The summed E-state index contributed by atoms with van der Waals surface area (Å²) in [6, 6.07) is 4.98. The van der Waals surface area contributed by atoms with Crippen LogP contribution in [0.4, 0.5) is 8.78 Å². The molecule has 22 heavy (non-hydrogen) atoms. The van der Waals surface area contributed by atoms with Crippen molar-refractivity contribution in [1.29, 1.82) is 0 Å². The Kier molecular flexibility index (Phi) is 5.49. The zero-order chi connectivity index (χ0) is 16.1. The molecule has 1 unspecified atom stereocenters. The third-order valence-corrected chi connectivity index (χ3v) is 4.13. The molecule has 118 valence electrons. The zero-order valence-electron chi connectivity index (χ0n) is 12.4. The number of amides is 1. The van der Waals surface area contributed by atoms with Gasteiger partial charge in [0.1, 0.15) is 12.4 Å². The van der Waals surface area contributed by atoms with Crippen molar-refractivity contribution in [3.05, 3.63) is 51.7 Å². The third-order valence-electron chi connectivity index (χ3n) is 3.16. The Hall–Kier alpha value is -1.95. The Balaban J connectivity index is 1.96. The van der Waals surface area contributed by atoms with Crippen LogP contribution in [0.3, 0.4) is 0 Å². The van der Waals surface area contributed by atoms with E-state index in [1.54, 1.807) is 11.4 Å². The number of thiophene rings is 1. The fourth-order valence-corrected chi connectivity index (χ4v) is 2.52. The van der Waals surface area contributed by atoms with Gasteiger partial charge in [-0.15, -0.1) is 11.3 Å². The van der Waals surface area contributed by atoms with Crippen LogP contribution < -0.4 is 10.1 Å². The average molecular weight is 325 g/mol. The van der Waals surface area contributed by atoms with Gasteiger partial charge >= 0.3 is 0 Å². The monoisotopic (exact) mass is 325 g/mol. The van der Waals surface area contributed by atoms with Crippen molar-refractivity contribution in [3.63, 3.8) is 0 Å². The molecule has 1 aromatic carbocycles. The first kappa shape index (κ1) is 16.4. The number of nitrogens with one attached hydrogen (secondary N) is 1. The van der Waals surface area contributed by atoms with E-state index < -0.39 is 11.6 Å². The summed E-state index contributed by atoms with van der Waals surface area (Å²) in [5.41, 5.74) is 0.767. The van der Waals surface area contributed by atoms with E-state index in [1.165, 1.54) is 17.4 Å². The van der Waals surface area contributed by atoms with E-state index in [0.29, 0.717) is 4.88 Å². The summed E-state index contributed by atoms with van der Waals surface area (Å²) in [6.45, 7) is 4.05. The smallest absolute Gasteiger partial charge is 0.261 e. The van der Waals surface area contributed by atoms with Gasteiger partial charge in [-0.05, 0) is 36.9 Å². The number of ether oxygens (including phenoxy) is 1. The quantitative estimate of drug-likeness (QED) is 0.867. The molecule has 0 spiro atoms. The molecule has 2 rings (SSSR count). The van der Waals surface area contributed by atoms with Crippen LogP contribution in [-0.2, 0) is 6.61 Å². The van der Waals surface area contributed by atoms with E-state index in [1.807, 2.05) is 13.8 Å². The van der Waals surface area contributed by atoms with Crippen LogP contribution in [-0.4, -0.2) is 11.9 Å². The van der Waals surface area contributed by atoms with Crippen LogP contribution in [0.5, 0.6) is 5.75 Å². The molecule has 0 radical (unpaired) electrons. The van der Waals surface area contributed by atoms with Crippen molar-refractivity contribution in [2.75, 3.05) is 0 Å². The lowest BCUT2D eigenvalue weighted by atomic mass is 10.2. The highest BCUT2D eigenvalue weighted by Crippen LogP contribution is 2.21. The molecule has 0 fully saturated rings. The highest BCUT2D eigenvalue weighted by atomic mass is 32.1. The minimum atomic E-state index is -0.745. The number of halogens is 2. The van der Waals surface area contributed by atoms with Crippen molar-refractivity contribution >= 4 is 17.2 Å². The van der Waals surface area contributed by atoms with Crippen molar-refractivity contribution in [2.45, 2.75) is 32.9 Å². The second-order valence-electron chi connectivity index (χ2n) is 4.97. The Bertz CT molecular complexity index is 657. The van der Waals surface area contributed by atoms with Crippen LogP contribution in [0.1, 0.15) is 35.5 Å². The summed E-state index contributed by atoms with van der Waals surface area (Å²) in [7, 11) is 0. The zero-order valence-corrected chi connectivity index (χ0v) is 13.2. The number of carbonyl (C=O) groups is 1. The maximum atomic E-state index is 13.4. The van der Waals surface area contributed by atoms with E-state index in [-0.39, 0.29) is 24.3 Å². The van der Waals surface area contributed by atoms with Crippen LogP contribution >= 0.6 is 11.3 Å². The van der Waals surface area contributed by atoms with Crippen LogP contribution in [0.25, 0.3) is 0 Å².